The standard InChI is InChI=1S/C14H21N5O3/c1-9-11(7-17(4)16-9)14(22)18-5-6-19(10(2)20)12(8-18)13(21)15-3/h7,12H,5-6,8H2,1-4H3,(H,15,21). The number of carbonyl (C=O) groups is 3. The molecule has 1 aliphatic heterocycles. The summed E-state index contributed by atoms with van der Waals surface area (Å²) in [7, 11) is 3.28. The smallest absolute Gasteiger partial charge is 0.257 e. The molecule has 2 heterocycles. The predicted octanol–water partition coefficient (Wildman–Crippen LogP) is -0.853. The molecule has 0 spiro atoms. The molecule has 1 saturated heterocycles. The van der Waals surface area contributed by atoms with Gasteiger partial charge in [0.05, 0.1) is 17.8 Å². The fourth-order valence-corrected chi connectivity index (χ4v) is 2.72. The van der Waals surface area contributed by atoms with Crippen LogP contribution >= 0.6 is 0 Å². The molecular weight excluding hydrogens is 286 g/mol. The van der Waals surface area contributed by atoms with Crippen molar-refractivity contribution in [2.75, 3.05) is 26.7 Å². The quantitative estimate of drug-likeness (QED) is 0.771. The van der Waals surface area contributed by atoms with Crippen molar-refractivity contribution in [3.63, 3.8) is 0 Å². The van der Waals surface area contributed by atoms with Crippen LogP contribution in [0.2, 0.25) is 0 Å². The average molecular weight is 307 g/mol. The Labute approximate surface area is 129 Å². The van der Waals surface area contributed by atoms with E-state index in [1.165, 1.54) is 18.9 Å². The molecule has 8 heteroatoms. The highest BCUT2D eigenvalue weighted by molar-refractivity contribution is 5.96. The van der Waals surface area contributed by atoms with Gasteiger partial charge in [0.25, 0.3) is 5.91 Å². The van der Waals surface area contributed by atoms with Gasteiger partial charge in [0, 0.05) is 40.3 Å². The molecule has 22 heavy (non-hydrogen) atoms. The van der Waals surface area contributed by atoms with Gasteiger partial charge in [-0.3, -0.25) is 19.1 Å². The molecule has 0 aromatic carbocycles. The van der Waals surface area contributed by atoms with Crippen LogP contribution in [0.4, 0.5) is 0 Å². The first-order chi connectivity index (χ1) is 10.3. The second kappa shape index (κ2) is 6.17. The Morgan fingerprint density at radius 3 is 2.50 bits per heavy atom. The zero-order valence-corrected chi connectivity index (χ0v) is 13.3. The average Bonchev–Trinajstić information content (AvgIpc) is 2.83. The third-order valence-corrected chi connectivity index (χ3v) is 3.86. The molecule has 0 aliphatic carbocycles. The van der Waals surface area contributed by atoms with Crippen molar-refractivity contribution in [2.45, 2.75) is 19.9 Å². The lowest BCUT2D eigenvalue weighted by Gasteiger charge is -2.39. The monoisotopic (exact) mass is 307 g/mol. The molecule has 2 rings (SSSR count). The summed E-state index contributed by atoms with van der Waals surface area (Å²) in [4.78, 5) is 39.4. The lowest BCUT2D eigenvalue weighted by atomic mass is 10.1. The van der Waals surface area contributed by atoms with Crippen LogP contribution in [0.5, 0.6) is 0 Å². The Bertz CT molecular complexity index is 610. The summed E-state index contributed by atoms with van der Waals surface area (Å²) < 4.78 is 1.59. The van der Waals surface area contributed by atoms with E-state index in [-0.39, 0.29) is 24.3 Å². The van der Waals surface area contributed by atoms with Crippen LogP contribution < -0.4 is 5.32 Å². The highest BCUT2D eigenvalue weighted by Crippen LogP contribution is 2.15. The number of amides is 3. The van der Waals surface area contributed by atoms with E-state index in [1.807, 2.05) is 0 Å². The van der Waals surface area contributed by atoms with Crippen LogP contribution in [0.1, 0.15) is 23.0 Å². The van der Waals surface area contributed by atoms with Crippen molar-refractivity contribution in [1.29, 1.82) is 0 Å². The Morgan fingerprint density at radius 1 is 1.32 bits per heavy atom. The molecule has 0 radical (unpaired) electrons. The van der Waals surface area contributed by atoms with E-state index >= 15 is 0 Å². The topological polar surface area (TPSA) is 87.5 Å². The minimum absolute atomic E-state index is 0.164. The SMILES string of the molecule is CNC(=O)C1CN(C(=O)c2cn(C)nc2C)CCN1C(C)=O. The van der Waals surface area contributed by atoms with E-state index in [4.69, 9.17) is 0 Å². The number of carbonyl (C=O) groups excluding carboxylic acids is 3. The van der Waals surface area contributed by atoms with Crippen molar-refractivity contribution >= 4 is 17.7 Å². The first kappa shape index (κ1) is 16.0. The summed E-state index contributed by atoms with van der Waals surface area (Å²) in [5.41, 5.74) is 1.17. The largest absolute Gasteiger partial charge is 0.357 e. The minimum atomic E-state index is -0.655. The summed E-state index contributed by atoms with van der Waals surface area (Å²) in [6.45, 7) is 4.14. The van der Waals surface area contributed by atoms with Gasteiger partial charge in [0.1, 0.15) is 6.04 Å². The summed E-state index contributed by atoms with van der Waals surface area (Å²) in [5, 5.41) is 6.71. The third kappa shape index (κ3) is 2.95. The van der Waals surface area contributed by atoms with E-state index in [0.717, 1.165) is 0 Å². The molecule has 1 aromatic heterocycles. The fourth-order valence-electron chi connectivity index (χ4n) is 2.72. The van der Waals surface area contributed by atoms with E-state index in [2.05, 4.69) is 10.4 Å². The molecule has 1 N–H and O–H groups in total. The number of hydrogen-bond donors (Lipinski definition) is 1. The van der Waals surface area contributed by atoms with E-state index in [0.29, 0.717) is 24.3 Å². The van der Waals surface area contributed by atoms with Crippen molar-refractivity contribution in [3.8, 4) is 0 Å². The zero-order chi connectivity index (χ0) is 16.4. The summed E-state index contributed by atoms with van der Waals surface area (Å²) in [6, 6.07) is -0.655. The van der Waals surface area contributed by atoms with Gasteiger partial charge in [-0.2, -0.15) is 5.10 Å². The van der Waals surface area contributed by atoms with Crippen LogP contribution in [0.15, 0.2) is 6.20 Å². The molecular formula is C14H21N5O3. The van der Waals surface area contributed by atoms with Crippen LogP contribution in [-0.4, -0.2) is 70.0 Å². The van der Waals surface area contributed by atoms with Crippen molar-refractivity contribution < 1.29 is 14.4 Å². The van der Waals surface area contributed by atoms with Gasteiger partial charge in [-0.05, 0) is 6.92 Å². The summed E-state index contributed by atoms with van der Waals surface area (Å²) >= 11 is 0. The van der Waals surface area contributed by atoms with E-state index in [9.17, 15) is 14.4 Å². The molecule has 120 valence electrons. The Kier molecular flexibility index (Phi) is 4.48. The molecule has 1 aromatic rings. The maximum Gasteiger partial charge on any atom is 0.257 e. The van der Waals surface area contributed by atoms with E-state index in [1.54, 1.807) is 29.7 Å². The van der Waals surface area contributed by atoms with Crippen LogP contribution in [-0.2, 0) is 16.6 Å². The maximum absolute atomic E-state index is 12.6. The Hall–Kier alpha value is -2.38. The van der Waals surface area contributed by atoms with Crippen molar-refractivity contribution in [2.24, 2.45) is 7.05 Å². The fraction of sp³-hybridized carbons (Fsp3) is 0.571. The summed E-state index contributed by atoms with van der Waals surface area (Å²) in [5.74, 6) is -0.600. The highest BCUT2D eigenvalue weighted by atomic mass is 16.2. The second-order valence-corrected chi connectivity index (χ2v) is 5.40. The number of aromatic nitrogens is 2. The molecule has 8 nitrogen and oxygen atoms in total. The zero-order valence-electron chi connectivity index (χ0n) is 13.3. The molecule has 1 unspecified atom stereocenters. The lowest BCUT2D eigenvalue weighted by Crippen LogP contribution is -2.60. The number of nitrogens with zero attached hydrogens (tertiary/aromatic N) is 4. The highest BCUT2D eigenvalue weighted by Gasteiger charge is 2.36. The normalized spacial score (nSPS) is 18.3. The minimum Gasteiger partial charge on any atom is -0.357 e. The molecule has 1 atom stereocenters. The van der Waals surface area contributed by atoms with Crippen molar-refractivity contribution in [1.82, 2.24) is 24.9 Å². The lowest BCUT2D eigenvalue weighted by molar-refractivity contribution is -0.141. The molecule has 1 aliphatic rings. The van der Waals surface area contributed by atoms with Gasteiger partial charge in [-0.1, -0.05) is 0 Å². The second-order valence-electron chi connectivity index (χ2n) is 5.40. The van der Waals surface area contributed by atoms with Gasteiger partial charge in [0.15, 0.2) is 0 Å². The summed E-state index contributed by atoms with van der Waals surface area (Å²) in [6.07, 6.45) is 1.67. The number of likely N-dealkylation sites (N-methyl/N-ethyl adjacent to an activating group) is 1. The van der Waals surface area contributed by atoms with Gasteiger partial charge < -0.3 is 15.1 Å². The molecule has 0 saturated carbocycles. The van der Waals surface area contributed by atoms with Crippen LogP contribution in [0.3, 0.4) is 0 Å². The van der Waals surface area contributed by atoms with Gasteiger partial charge in [0.2, 0.25) is 11.8 Å². The first-order valence-electron chi connectivity index (χ1n) is 7.13. The molecule has 1 fully saturated rings. The molecule has 3 amide bonds. The number of rotatable bonds is 2. The third-order valence-electron chi connectivity index (χ3n) is 3.86. The van der Waals surface area contributed by atoms with Gasteiger partial charge in [-0.25, -0.2) is 0 Å². The van der Waals surface area contributed by atoms with Crippen LogP contribution in [0, 0.1) is 6.92 Å². The number of piperazine rings is 1. The molecule has 0 bridgehead atoms. The van der Waals surface area contributed by atoms with Gasteiger partial charge in [-0.15, -0.1) is 0 Å². The van der Waals surface area contributed by atoms with Gasteiger partial charge >= 0.3 is 0 Å². The number of hydrogen-bond acceptors (Lipinski definition) is 4. The number of aryl methyl sites for hydroxylation is 2. The Balaban J connectivity index is 2.20. The maximum atomic E-state index is 12.6. The van der Waals surface area contributed by atoms with E-state index < -0.39 is 6.04 Å². The predicted molar refractivity (Wildman–Crippen MR) is 79.1 cm³/mol. The first-order valence-corrected chi connectivity index (χ1v) is 7.13. The van der Waals surface area contributed by atoms with Crippen LogP contribution in [0.25, 0.3) is 0 Å². The number of nitrogens with one attached hydrogen (secondary N) is 1. The Morgan fingerprint density at radius 2 is 2.00 bits per heavy atom. The van der Waals surface area contributed by atoms with Crippen molar-refractivity contribution in [3.05, 3.63) is 17.5 Å².